The zero-order valence-corrected chi connectivity index (χ0v) is 85.8. The Kier molecular flexibility index (Phi) is 26.9. The van der Waals surface area contributed by atoms with Crippen molar-refractivity contribution >= 4 is 103 Å². The molecule has 0 radical (unpaired) electrons. The van der Waals surface area contributed by atoms with Crippen LogP contribution in [0.2, 0.25) is 0 Å². The number of ketones is 6. The Bertz CT molecular complexity index is 7130. The van der Waals surface area contributed by atoms with E-state index in [9.17, 15) is 34.0 Å². The van der Waals surface area contributed by atoms with Crippen LogP contribution in [0.5, 0.6) is 0 Å². The molecule has 3 heterocycles. The Balaban J connectivity index is 0.000000117. The second kappa shape index (κ2) is 39.8. The third-order valence-electron chi connectivity index (χ3n) is 33.5. The van der Waals surface area contributed by atoms with E-state index in [1.165, 1.54) is 182 Å². The highest BCUT2D eigenvalue weighted by Crippen LogP contribution is 2.58. The second-order valence-corrected chi connectivity index (χ2v) is 45.0. The summed E-state index contributed by atoms with van der Waals surface area (Å²) in [5.41, 5.74) is 36.8. The molecule has 726 valence electrons. The van der Waals surface area contributed by atoms with Crippen LogP contribution in [0.1, 0.15) is 291 Å². The average Bonchev–Trinajstić information content (AvgIpc) is 1.28. The molecule has 12 nitrogen and oxygen atoms in total. The molecule has 0 amide bonds. The van der Waals surface area contributed by atoms with E-state index < -0.39 is 0 Å². The average molecular weight is 1900 g/mol. The summed E-state index contributed by atoms with van der Waals surface area (Å²) in [6, 6.07) is 72.5. The van der Waals surface area contributed by atoms with Crippen molar-refractivity contribution in [3.63, 3.8) is 0 Å². The van der Waals surface area contributed by atoms with Gasteiger partial charge in [0.25, 0.3) is 5.70 Å². The number of hydrogen-bond donors (Lipinski definition) is 0. The molecule has 23 rings (SSSR count). The van der Waals surface area contributed by atoms with Crippen LogP contribution < -0.4 is 19.6 Å². The van der Waals surface area contributed by atoms with Gasteiger partial charge in [-0.2, -0.15) is 0 Å². The first-order valence-electron chi connectivity index (χ1n) is 52.7. The molecule has 3 aliphatic heterocycles. The smallest absolute Gasteiger partial charge is 0.265 e. The van der Waals surface area contributed by atoms with Gasteiger partial charge in [-0.25, -0.2) is 10.1 Å². The van der Waals surface area contributed by atoms with Gasteiger partial charge in [-0.1, -0.05) is 288 Å². The summed E-state index contributed by atoms with van der Waals surface area (Å²) < 4.78 is 0. The molecule has 0 aromatic heterocycles. The number of carbonyl (C=O) groups is 6. The molecule has 9 aromatic carbocycles. The van der Waals surface area contributed by atoms with E-state index in [1.807, 2.05) is 50.5 Å². The SMILES string of the molecule is CC1(C)CC(=C2C(=O)c3ccccc3C2=O)C=C2C=C(c3cc4c5c(c3)CCCN5CCC4)CCC21.CCCCN(CCCC)c1ccc(C2=CC3=CC(=C4C(=O)c5ccccc5C4=O)CC(C)(C)C3CC2)cc1.CN(C)c1ccc(C2=CC3=CC(=C4C(=O)c5ccccc5C4=O)CC(C)(C)C3CC2)cc1.[C-]#[N+]/C(C#N)=C1\C=C2C=C(c3ccc(N4c5ccccc5C=Cc5ccccc54)cc3)CCC2C(C)(C)C1. The number of unbranched alkanes of at least 4 members (excludes halogenated alkanes) is 2. The Morgan fingerprint density at radius 3 is 1.07 bits per heavy atom. The minimum absolute atomic E-state index is 0.00143. The van der Waals surface area contributed by atoms with Gasteiger partial charge in [0.15, 0.2) is 34.7 Å². The maximum Gasteiger partial charge on any atom is 0.265 e. The predicted octanol–water partition coefficient (Wildman–Crippen LogP) is 31.3. The van der Waals surface area contributed by atoms with Gasteiger partial charge in [0.2, 0.25) is 0 Å². The minimum atomic E-state index is -0.119. The highest BCUT2D eigenvalue weighted by Gasteiger charge is 2.48. The normalized spacial score (nSPS) is 21.6. The van der Waals surface area contributed by atoms with E-state index in [1.54, 1.807) is 36.4 Å². The van der Waals surface area contributed by atoms with E-state index in [2.05, 4.69) is 294 Å². The number of hydrogen-bond acceptors (Lipinski definition) is 11. The topological polar surface area (TPSA) is 144 Å². The van der Waals surface area contributed by atoms with E-state index in [-0.39, 0.29) is 62.1 Å². The number of allylic oxidation sites excluding steroid dienone is 24. The molecule has 9 aromatic rings. The Morgan fingerprint density at radius 2 is 0.722 bits per heavy atom. The molecule has 0 saturated heterocycles. The zero-order valence-electron chi connectivity index (χ0n) is 85.8. The van der Waals surface area contributed by atoms with Gasteiger partial charge in [-0.15, -0.1) is 0 Å². The van der Waals surface area contributed by atoms with Crippen LogP contribution >= 0.6 is 0 Å². The first-order chi connectivity index (χ1) is 69.5. The fraction of sp³-hybridized carbons (Fsp3) is 0.333. The molecule has 0 spiro atoms. The Labute approximate surface area is 851 Å². The number of benzene rings is 9. The lowest BCUT2D eigenvalue weighted by Crippen LogP contribution is -2.34. The molecule has 0 N–H and O–H groups in total. The first-order valence-corrected chi connectivity index (χ1v) is 52.7. The number of para-hydroxylation sites is 2. The first kappa shape index (κ1) is 97.3. The fourth-order valence-electron chi connectivity index (χ4n) is 26.1. The van der Waals surface area contributed by atoms with Crippen molar-refractivity contribution in [1.29, 1.82) is 5.26 Å². The molecule has 12 heteroatoms. The lowest BCUT2D eigenvalue weighted by atomic mass is 9.62. The molecule has 4 atom stereocenters. The number of rotatable bonds is 13. The van der Waals surface area contributed by atoms with Gasteiger partial charge in [-0.3, -0.25) is 28.8 Å². The highest BCUT2D eigenvalue weighted by atomic mass is 16.2. The standard InChI is InChI=1S/C35H29N3.C35H41NO2.C33H33NO2.C29H29NO2/c1-35(2)22-29(32(23-36)37-3)21-28-20-27(16-19-31(28)35)24-14-17-30(18-15-24)38-33-10-6-4-8-25(33)12-13-26-9-5-7-11-34(26)38;1-5-7-19-36(20-8-6-2)28-16-13-24(14-17-28)25-15-18-31-26(21-25)22-27(23-35(31,3)4)32-33(37)29-11-9-10-12-30(29)34(32)38;1-33(2)19-25(29-31(35)26-9-3-4-10-27(26)32(29)36)18-24-15-20(11-12-28(24)33)23-16-21-7-5-13-34-14-6-8-22(17-23)30(21)34;1-29(2)17-21(26-27(31)23-7-5-6-8-24(23)28(26)32)16-20-15-19(11-14-25(20)29)18-9-12-22(13-10-18)30(3)4/h4-15,17-18,20-21,31H,16,19,22H2,1-2H3;9-14,16-17,21-22,31H,5-8,15,18-20,23H2,1-4H3;3-4,9-10,15-18,28H,5-8,11-14,19H2,1-2H3;5-10,12-13,15-16,25H,11,14,17H2,1-4H3/b32-29+;;;. The van der Waals surface area contributed by atoms with Crippen molar-refractivity contribution in [2.24, 2.45) is 45.3 Å². The summed E-state index contributed by atoms with van der Waals surface area (Å²) in [5, 5.41) is 9.47. The van der Waals surface area contributed by atoms with Crippen LogP contribution in [-0.2, 0) is 12.8 Å². The van der Waals surface area contributed by atoms with Crippen molar-refractivity contribution in [1.82, 2.24) is 0 Å². The van der Waals surface area contributed by atoms with E-state index in [0.717, 1.165) is 118 Å². The van der Waals surface area contributed by atoms with Crippen LogP contribution in [0, 0.1) is 63.2 Å². The molecule has 0 bridgehead atoms. The summed E-state index contributed by atoms with van der Waals surface area (Å²) in [6.45, 7) is 34.8. The largest absolute Gasteiger partial charge is 0.378 e. The van der Waals surface area contributed by atoms with E-state index >= 15 is 0 Å². The summed E-state index contributed by atoms with van der Waals surface area (Å²) >= 11 is 0. The van der Waals surface area contributed by atoms with E-state index in [0.29, 0.717) is 73.8 Å². The quantitative estimate of drug-likeness (QED) is 0.0471. The number of anilines is 6. The third kappa shape index (κ3) is 18.7. The van der Waals surface area contributed by atoms with Crippen LogP contribution in [0.4, 0.5) is 34.1 Å². The molecule has 144 heavy (non-hydrogen) atoms. The van der Waals surface area contributed by atoms with Crippen LogP contribution in [-0.4, -0.2) is 75.0 Å². The molecule has 4 unspecified atom stereocenters. The van der Waals surface area contributed by atoms with Crippen molar-refractivity contribution in [3.8, 4) is 6.07 Å². The monoisotopic (exact) mass is 1900 g/mol. The molecule has 0 saturated carbocycles. The van der Waals surface area contributed by atoms with Gasteiger partial charge < -0.3 is 19.6 Å². The number of fused-ring (bicyclic) bond motifs is 9. The summed E-state index contributed by atoms with van der Waals surface area (Å²) in [4.78, 5) is 92.4. The van der Waals surface area contributed by atoms with Crippen molar-refractivity contribution in [3.05, 3.63) is 411 Å². The number of aryl methyl sites for hydroxylation is 2. The molecule has 0 fully saturated rings. The van der Waals surface area contributed by atoms with Crippen LogP contribution in [0.25, 0.3) is 39.3 Å². The summed E-state index contributed by atoms with van der Waals surface area (Å²) in [5.74, 6) is 1.09. The number of nitrogens with zero attached hydrogens (tertiary/aromatic N) is 6. The number of carbonyl (C=O) groups excluding carboxylic acids is 6. The zero-order chi connectivity index (χ0) is 100. The van der Waals surface area contributed by atoms with Crippen molar-refractivity contribution in [2.45, 2.75) is 198 Å². The molecule has 11 aliphatic carbocycles. The lowest BCUT2D eigenvalue weighted by molar-refractivity contribution is 0.0969. The summed E-state index contributed by atoms with van der Waals surface area (Å²) in [6.07, 6.45) is 43.7. The fourth-order valence-corrected chi connectivity index (χ4v) is 26.1. The number of nitriles is 1. The van der Waals surface area contributed by atoms with Gasteiger partial charge in [0.05, 0.1) is 40.7 Å². The maximum atomic E-state index is 13.3. The predicted molar refractivity (Wildman–Crippen MR) is 589 cm³/mol. The van der Waals surface area contributed by atoms with Gasteiger partial charge in [0.1, 0.15) is 0 Å². The maximum absolute atomic E-state index is 13.3. The van der Waals surface area contributed by atoms with Crippen LogP contribution in [0.15, 0.2) is 322 Å². The van der Waals surface area contributed by atoms with Gasteiger partial charge in [0, 0.05) is 96.4 Å². The Hall–Kier alpha value is -14.2. The van der Waals surface area contributed by atoms with Gasteiger partial charge in [-0.05, 0) is 333 Å². The molecular weight excluding hydrogens is 1770 g/mol. The second-order valence-electron chi connectivity index (χ2n) is 45.0. The lowest BCUT2D eigenvalue weighted by Gasteiger charge is -2.42. The minimum Gasteiger partial charge on any atom is -0.378 e. The number of Topliss-reactive ketones (excluding diaryl/α,β-unsaturated/α-hetero) is 6. The molecule has 14 aliphatic rings. The molecular formula is C132H132N6O6. The highest BCUT2D eigenvalue weighted by molar-refractivity contribution is 6.41. The van der Waals surface area contributed by atoms with Gasteiger partial charge >= 0.3 is 0 Å². The third-order valence-corrected chi connectivity index (χ3v) is 33.5. The Morgan fingerprint density at radius 1 is 0.396 bits per heavy atom. The van der Waals surface area contributed by atoms with E-state index in [4.69, 9.17) is 6.57 Å². The van der Waals surface area contributed by atoms with Crippen LogP contribution in [0.3, 0.4) is 0 Å². The van der Waals surface area contributed by atoms with Crippen molar-refractivity contribution < 1.29 is 28.8 Å². The summed E-state index contributed by atoms with van der Waals surface area (Å²) in [7, 11) is 4.10. The van der Waals surface area contributed by atoms with Crippen molar-refractivity contribution in [2.75, 3.05) is 59.9 Å².